The molecule has 0 aromatic rings. The van der Waals surface area contributed by atoms with Crippen molar-refractivity contribution in [2.24, 2.45) is 0 Å². The maximum absolute atomic E-state index is 12.2. The zero-order valence-electron chi connectivity index (χ0n) is 13.1. The standard InChI is InChI=1S/C13H22O7S/c1-7-21-11(15)9-8(10(14)16-4)19-12(2,17-5)13(3,18-6)20-9/h8-9H,7H2,1-6H3/t8-,9+,12+,13+/m0/s1. The lowest BCUT2D eigenvalue weighted by atomic mass is 10.0. The van der Waals surface area contributed by atoms with E-state index in [0.29, 0.717) is 5.75 Å². The zero-order valence-corrected chi connectivity index (χ0v) is 13.9. The van der Waals surface area contributed by atoms with Crippen LogP contribution in [0.3, 0.4) is 0 Å². The van der Waals surface area contributed by atoms with Gasteiger partial charge in [0.15, 0.2) is 12.2 Å². The molecule has 122 valence electrons. The van der Waals surface area contributed by atoms with Crippen molar-refractivity contribution in [3.8, 4) is 0 Å². The van der Waals surface area contributed by atoms with Gasteiger partial charge in [0, 0.05) is 14.2 Å². The Balaban J connectivity index is 3.16. The molecule has 1 rings (SSSR count). The number of methoxy groups -OCH3 is 3. The molecule has 0 unspecified atom stereocenters. The Morgan fingerprint density at radius 2 is 1.52 bits per heavy atom. The molecule has 0 aliphatic carbocycles. The van der Waals surface area contributed by atoms with Gasteiger partial charge < -0.3 is 23.7 Å². The van der Waals surface area contributed by atoms with E-state index in [1.807, 2.05) is 6.92 Å². The Morgan fingerprint density at radius 3 is 1.90 bits per heavy atom. The minimum atomic E-state index is -1.37. The number of esters is 1. The van der Waals surface area contributed by atoms with E-state index in [9.17, 15) is 9.59 Å². The average Bonchev–Trinajstić information content (AvgIpc) is 2.48. The summed E-state index contributed by atoms with van der Waals surface area (Å²) in [5.74, 6) is -2.86. The molecular weight excluding hydrogens is 300 g/mol. The van der Waals surface area contributed by atoms with E-state index < -0.39 is 29.8 Å². The molecule has 1 aliphatic heterocycles. The molecule has 1 heterocycles. The Bertz CT molecular complexity index is 402. The van der Waals surface area contributed by atoms with E-state index in [2.05, 4.69) is 4.74 Å². The molecule has 0 bridgehead atoms. The van der Waals surface area contributed by atoms with Crippen molar-refractivity contribution < 1.29 is 33.3 Å². The second kappa shape index (κ2) is 7.06. The van der Waals surface area contributed by atoms with Crippen LogP contribution in [-0.4, -0.2) is 61.9 Å². The normalized spacial score (nSPS) is 36.3. The van der Waals surface area contributed by atoms with Crippen LogP contribution >= 0.6 is 11.8 Å². The van der Waals surface area contributed by atoms with Crippen molar-refractivity contribution >= 4 is 22.8 Å². The average molecular weight is 322 g/mol. The van der Waals surface area contributed by atoms with Gasteiger partial charge in [-0.2, -0.15) is 0 Å². The van der Waals surface area contributed by atoms with E-state index in [1.54, 1.807) is 13.8 Å². The number of thioether (sulfide) groups is 1. The molecule has 0 N–H and O–H groups in total. The molecule has 1 aliphatic rings. The fourth-order valence-corrected chi connectivity index (χ4v) is 2.59. The first-order valence-corrected chi connectivity index (χ1v) is 7.47. The summed E-state index contributed by atoms with van der Waals surface area (Å²) in [6.45, 7) is 4.98. The highest BCUT2D eigenvalue weighted by Crippen LogP contribution is 2.40. The number of carbonyl (C=O) groups is 2. The van der Waals surface area contributed by atoms with Crippen molar-refractivity contribution in [1.82, 2.24) is 0 Å². The molecule has 21 heavy (non-hydrogen) atoms. The van der Waals surface area contributed by atoms with Crippen molar-refractivity contribution in [1.29, 1.82) is 0 Å². The Kier molecular flexibility index (Phi) is 6.18. The maximum Gasteiger partial charge on any atom is 0.338 e. The zero-order chi connectivity index (χ0) is 16.3. The Labute approximate surface area is 128 Å². The van der Waals surface area contributed by atoms with Crippen molar-refractivity contribution in [3.63, 3.8) is 0 Å². The molecule has 7 nitrogen and oxygen atoms in total. The minimum Gasteiger partial charge on any atom is -0.467 e. The Hall–Kier alpha value is -0.670. The van der Waals surface area contributed by atoms with Gasteiger partial charge >= 0.3 is 5.97 Å². The van der Waals surface area contributed by atoms with Crippen molar-refractivity contribution in [3.05, 3.63) is 0 Å². The van der Waals surface area contributed by atoms with Gasteiger partial charge in [-0.25, -0.2) is 4.79 Å². The molecular formula is C13H22O7S. The van der Waals surface area contributed by atoms with Crippen LogP contribution in [0.25, 0.3) is 0 Å². The molecule has 0 aromatic carbocycles. The third-order valence-corrected chi connectivity index (χ3v) is 4.34. The largest absolute Gasteiger partial charge is 0.467 e. The lowest BCUT2D eigenvalue weighted by Gasteiger charge is -2.50. The van der Waals surface area contributed by atoms with Gasteiger partial charge in [-0.3, -0.25) is 4.79 Å². The highest BCUT2D eigenvalue weighted by molar-refractivity contribution is 8.13. The second-order valence-electron chi connectivity index (χ2n) is 4.65. The van der Waals surface area contributed by atoms with E-state index >= 15 is 0 Å². The first-order chi connectivity index (χ1) is 9.78. The monoisotopic (exact) mass is 322 g/mol. The van der Waals surface area contributed by atoms with Crippen LogP contribution in [-0.2, 0) is 33.3 Å². The lowest BCUT2D eigenvalue weighted by Crippen LogP contribution is -2.67. The molecule has 0 aromatic heterocycles. The second-order valence-corrected chi connectivity index (χ2v) is 5.92. The summed E-state index contributed by atoms with van der Waals surface area (Å²) >= 11 is 1.04. The van der Waals surface area contributed by atoms with Crippen LogP contribution in [0.4, 0.5) is 0 Å². The summed E-state index contributed by atoms with van der Waals surface area (Å²) in [5.41, 5.74) is 0. The first kappa shape index (κ1) is 18.4. The molecule has 0 amide bonds. The quantitative estimate of drug-likeness (QED) is 0.692. The third-order valence-electron chi connectivity index (χ3n) is 3.54. The van der Waals surface area contributed by atoms with Crippen molar-refractivity contribution in [2.75, 3.05) is 27.1 Å². The van der Waals surface area contributed by atoms with Crippen LogP contribution < -0.4 is 0 Å². The molecule has 8 heteroatoms. The predicted molar refractivity (Wildman–Crippen MR) is 75.7 cm³/mol. The lowest BCUT2D eigenvalue weighted by molar-refractivity contribution is -0.437. The van der Waals surface area contributed by atoms with Crippen LogP contribution in [0.1, 0.15) is 20.8 Å². The summed E-state index contributed by atoms with van der Waals surface area (Å²) in [5, 5.41) is -0.325. The Morgan fingerprint density at radius 1 is 1.05 bits per heavy atom. The van der Waals surface area contributed by atoms with E-state index in [1.165, 1.54) is 21.3 Å². The van der Waals surface area contributed by atoms with Crippen LogP contribution in [0.15, 0.2) is 0 Å². The van der Waals surface area contributed by atoms with Gasteiger partial charge in [0.1, 0.15) is 0 Å². The number of rotatable bonds is 5. The summed E-state index contributed by atoms with van der Waals surface area (Å²) in [4.78, 5) is 24.1. The summed E-state index contributed by atoms with van der Waals surface area (Å²) < 4.78 is 26.7. The van der Waals surface area contributed by atoms with E-state index in [4.69, 9.17) is 18.9 Å². The van der Waals surface area contributed by atoms with Gasteiger partial charge in [0.05, 0.1) is 7.11 Å². The first-order valence-electron chi connectivity index (χ1n) is 6.49. The molecule has 0 spiro atoms. The highest BCUT2D eigenvalue weighted by atomic mass is 32.2. The van der Waals surface area contributed by atoms with Crippen LogP contribution in [0.5, 0.6) is 0 Å². The molecule has 0 radical (unpaired) electrons. The molecule has 4 atom stereocenters. The highest BCUT2D eigenvalue weighted by Gasteiger charge is 2.60. The van der Waals surface area contributed by atoms with Crippen LogP contribution in [0, 0.1) is 0 Å². The molecule has 0 saturated carbocycles. The van der Waals surface area contributed by atoms with Gasteiger partial charge in [-0.05, 0) is 19.6 Å². The smallest absolute Gasteiger partial charge is 0.338 e. The summed E-state index contributed by atoms with van der Waals surface area (Å²) in [7, 11) is 4.03. The molecule has 1 saturated heterocycles. The van der Waals surface area contributed by atoms with Gasteiger partial charge in [-0.1, -0.05) is 18.7 Å². The third kappa shape index (κ3) is 3.40. The number of ether oxygens (including phenoxy) is 5. The number of hydrogen-bond donors (Lipinski definition) is 0. The topological polar surface area (TPSA) is 80.3 Å². The maximum atomic E-state index is 12.2. The fourth-order valence-electron chi connectivity index (χ4n) is 1.97. The summed E-state index contributed by atoms with van der Waals surface area (Å²) in [6.07, 6.45) is -2.34. The van der Waals surface area contributed by atoms with E-state index in [0.717, 1.165) is 11.8 Å². The van der Waals surface area contributed by atoms with E-state index in [-0.39, 0.29) is 5.12 Å². The van der Waals surface area contributed by atoms with Crippen LogP contribution in [0.2, 0.25) is 0 Å². The molecule has 1 fully saturated rings. The predicted octanol–water partition coefficient (Wildman–Crippen LogP) is 0.948. The minimum absolute atomic E-state index is 0.325. The fraction of sp³-hybridized carbons (Fsp3) is 0.846. The van der Waals surface area contributed by atoms with Gasteiger partial charge in [0.2, 0.25) is 16.7 Å². The SMILES string of the molecule is CCSC(=O)[C@@H]1O[C@@](C)(OC)[C@](C)(OC)O[C@@H]1C(=O)OC. The van der Waals surface area contributed by atoms with Gasteiger partial charge in [-0.15, -0.1) is 0 Å². The number of hydrogen-bond acceptors (Lipinski definition) is 8. The van der Waals surface area contributed by atoms with Gasteiger partial charge in [0.25, 0.3) is 0 Å². The van der Waals surface area contributed by atoms with Crippen molar-refractivity contribution in [2.45, 2.75) is 44.6 Å². The summed E-state index contributed by atoms with van der Waals surface area (Å²) in [6, 6.07) is 0. The number of carbonyl (C=O) groups excluding carboxylic acids is 2.